The lowest BCUT2D eigenvalue weighted by Crippen LogP contribution is -2.37. The van der Waals surface area contributed by atoms with E-state index in [9.17, 15) is 5.11 Å². The molecule has 4 atom stereocenters. The van der Waals surface area contributed by atoms with Gasteiger partial charge in [-0.25, -0.2) is 0 Å². The van der Waals surface area contributed by atoms with Crippen LogP contribution in [0, 0.1) is 17.3 Å². The van der Waals surface area contributed by atoms with E-state index in [1.165, 1.54) is 43.2 Å². The zero-order valence-corrected chi connectivity index (χ0v) is 11.6. The highest BCUT2D eigenvalue weighted by molar-refractivity contribution is 5.60. The molecule has 3 aliphatic carbocycles. The molecule has 1 nitrogen and oxygen atoms in total. The summed E-state index contributed by atoms with van der Waals surface area (Å²) in [7, 11) is 0. The highest BCUT2D eigenvalue weighted by Crippen LogP contribution is 2.60. The van der Waals surface area contributed by atoms with Gasteiger partial charge in [-0.05, 0) is 72.1 Å². The molecule has 100 valence electrons. The van der Waals surface area contributed by atoms with Gasteiger partial charge in [-0.1, -0.05) is 31.6 Å². The molecule has 3 unspecified atom stereocenters. The van der Waals surface area contributed by atoms with E-state index >= 15 is 0 Å². The van der Waals surface area contributed by atoms with Crippen molar-refractivity contribution in [1.82, 2.24) is 0 Å². The molecular weight excluding hydrogens is 232 g/mol. The van der Waals surface area contributed by atoms with E-state index < -0.39 is 0 Å². The highest BCUT2D eigenvalue weighted by Gasteiger charge is 2.49. The van der Waals surface area contributed by atoms with Gasteiger partial charge >= 0.3 is 0 Å². The molecule has 3 aliphatic rings. The van der Waals surface area contributed by atoms with E-state index in [0.717, 1.165) is 11.8 Å². The molecule has 4 rings (SSSR count). The van der Waals surface area contributed by atoms with Crippen LogP contribution in [-0.4, -0.2) is 5.11 Å². The predicted molar refractivity (Wildman–Crippen MR) is 78.1 cm³/mol. The number of hydrogen-bond acceptors (Lipinski definition) is 1. The van der Waals surface area contributed by atoms with Gasteiger partial charge in [0.1, 0.15) is 5.75 Å². The van der Waals surface area contributed by atoms with Gasteiger partial charge in [-0.3, -0.25) is 0 Å². The molecule has 1 aromatic carbocycles. The fourth-order valence-electron chi connectivity index (χ4n) is 5.08. The van der Waals surface area contributed by atoms with Crippen LogP contribution in [0.25, 0.3) is 6.08 Å². The smallest absolute Gasteiger partial charge is 0.116 e. The van der Waals surface area contributed by atoms with Crippen LogP contribution in [-0.2, 0) is 0 Å². The van der Waals surface area contributed by atoms with Crippen molar-refractivity contribution in [3.63, 3.8) is 0 Å². The van der Waals surface area contributed by atoms with Crippen molar-refractivity contribution in [2.75, 3.05) is 0 Å². The first-order valence-corrected chi connectivity index (χ1v) is 7.68. The number of phenolic OH excluding ortho intramolecular Hbond substituents is 1. The first kappa shape index (κ1) is 11.6. The number of phenols is 1. The highest BCUT2D eigenvalue weighted by atomic mass is 16.3. The van der Waals surface area contributed by atoms with Gasteiger partial charge < -0.3 is 5.11 Å². The van der Waals surface area contributed by atoms with Crippen molar-refractivity contribution in [1.29, 1.82) is 0 Å². The van der Waals surface area contributed by atoms with E-state index in [-0.39, 0.29) is 0 Å². The monoisotopic (exact) mass is 254 g/mol. The molecule has 0 radical (unpaired) electrons. The zero-order chi connectivity index (χ0) is 13.0. The summed E-state index contributed by atoms with van der Waals surface area (Å²) in [5, 5.41) is 9.64. The standard InChI is InChI=1S/C18H22O/c1-18-9-2-3-17(18)16-6-4-12-11-13(19)5-7-14(12)15(16)8-10-18/h4-7,11,15-17,19H,2-3,8-10H2,1H3/t15?,16?,17?,18-/m0/s1. The van der Waals surface area contributed by atoms with Crippen molar-refractivity contribution in [2.24, 2.45) is 17.3 Å². The van der Waals surface area contributed by atoms with Crippen molar-refractivity contribution in [3.05, 3.63) is 35.4 Å². The molecule has 1 heteroatoms. The second kappa shape index (κ2) is 3.88. The van der Waals surface area contributed by atoms with Gasteiger partial charge in [0.05, 0.1) is 0 Å². The predicted octanol–water partition coefficient (Wildman–Crippen LogP) is 4.72. The Balaban J connectivity index is 1.76. The number of hydrogen-bond donors (Lipinski definition) is 1. The van der Waals surface area contributed by atoms with Crippen molar-refractivity contribution >= 4 is 6.08 Å². The van der Waals surface area contributed by atoms with Crippen molar-refractivity contribution < 1.29 is 5.11 Å². The molecule has 0 heterocycles. The summed E-state index contributed by atoms with van der Waals surface area (Å²) >= 11 is 0. The summed E-state index contributed by atoms with van der Waals surface area (Å²) in [5.41, 5.74) is 3.31. The van der Waals surface area contributed by atoms with E-state index in [1.54, 1.807) is 0 Å². The van der Waals surface area contributed by atoms with Crippen LogP contribution in [0.3, 0.4) is 0 Å². The Labute approximate surface area is 115 Å². The minimum absolute atomic E-state index is 0.392. The third-order valence-corrected chi connectivity index (χ3v) is 6.08. The normalized spacial score (nSPS) is 39.5. The maximum Gasteiger partial charge on any atom is 0.116 e. The lowest BCUT2D eigenvalue weighted by atomic mass is 9.57. The minimum atomic E-state index is 0.392. The third-order valence-electron chi connectivity index (χ3n) is 6.08. The summed E-state index contributed by atoms with van der Waals surface area (Å²) in [5.74, 6) is 2.70. The summed E-state index contributed by atoms with van der Waals surface area (Å²) in [4.78, 5) is 0. The molecule has 0 bridgehead atoms. The van der Waals surface area contributed by atoms with Crippen LogP contribution >= 0.6 is 0 Å². The average Bonchev–Trinajstić information content (AvgIpc) is 2.79. The molecule has 1 N–H and O–H groups in total. The molecule has 2 fully saturated rings. The number of allylic oxidation sites excluding steroid dienone is 1. The quantitative estimate of drug-likeness (QED) is 0.710. The van der Waals surface area contributed by atoms with E-state index in [1.807, 2.05) is 12.1 Å². The number of rotatable bonds is 0. The van der Waals surface area contributed by atoms with Gasteiger partial charge in [0.2, 0.25) is 0 Å². The lowest BCUT2D eigenvalue weighted by molar-refractivity contribution is 0.0946. The summed E-state index contributed by atoms with van der Waals surface area (Å²) in [6.07, 6.45) is 11.7. The van der Waals surface area contributed by atoms with Gasteiger partial charge in [0.25, 0.3) is 0 Å². The Morgan fingerprint density at radius 1 is 1.21 bits per heavy atom. The molecule has 2 saturated carbocycles. The second-order valence-electron chi connectivity index (χ2n) is 7.05. The topological polar surface area (TPSA) is 20.2 Å². The van der Waals surface area contributed by atoms with Crippen LogP contribution in [0.2, 0.25) is 0 Å². The van der Waals surface area contributed by atoms with E-state index in [2.05, 4.69) is 25.1 Å². The Kier molecular flexibility index (Phi) is 2.36. The van der Waals surface area contributed by atoms with Gasteiger partial charge in [0.15, 0.2) is 0 Å². The summed E-state index contributed by atoms with van der Waals surface area (Å²) in [6.45, 7) is 2.51. The average molecular weight is 254 g/mol. The number of aromatic hydroxyl groups is 1. The molecule has 0 amide bonds. The Bertz CT molecular complexity index is 545. The first-order chi connectivity index (χ1) is 9.17. The molecular formula is C18H22O. The van der Waals surface area contributed by atoms with Gasteiger partial charge in [-0.2, -0.15) is 0 Å². The first-order valence-electron chi connectivity index (χ1n) is 7.68. The minimum Gasteiger partial charge on any atom is -0.508 e. The van der Waals surface area contributed by atoms with E-state index in [0.29, 0.717) is 17.1 Å². The fraction of sp³-hybridized carbons (Fsp3) is 0.556. The number of fused-ring (bicyclic) bond motifs is 5. The Hall–Kier alpha value is -1.24. The molecule has 0 aromatic heterocycles. The molecule has 0 aliphatic heterocycles. The van der Waals surface area contributed by atoms with Crippen LogP contribution in [0.15, 0.2) is 24.3 Å². The Morgan fingerprint density at radius 3 is 3.00 bits per heavy atom. The molecule has 19 heavy (non-hydrogen) atoms. The van der Waals surface area contributed by atoms with Crippen LogP contribution in [0.4, 0.5) is 0 Å². The number of benzene rings is 1. The maximum atomic E-state index is 9.64. The molecule has 1 aromatic rings. The molecule has 0 spiro atoms. The van der Waals surface area contributed by atoms with Gasteiger partial charge in [-0.15, -0.1) is 0 Å². The van der Waals surface area contributed by atoms with Crippen LogP contribution in [0.1, 0.15) is 56.1 Å². The third kappa shape index (κ3) is 1.60. The second-order valence-corrected chi connectivity index (χ2v) is 7.05. The Morgan fingerprint density at radius 2 is 2.11 bits per heavy atom. The van der Waals surface area contributed by atoms with Crippen LogP contribution in [0.5, 0.6) is 5.75 Å². The van der Waals surface area contributed by atoms with Gasteiger partial charge in [0, 0.05) is 0 Å². The van der Waals surface area contributed by atoms with Crippen molar-refractivity contribution in [3.8, 4) is 5.75 Å². The van der Waals surface area contributed by atoms with E-state index in [4.69, 9.17) is 0 Å². The maximum absolute atomic E-state index is 9.64. The largest absolute Gasteiger partial charge is 0.508 e. The molecule has 0 saturated heterocycles. The van der Waals surface area contributed by atoms with Crippen LogP contribution < -0.4 is 0 Å². The lowest BCUT2D eigenvalue weighted by Gasteiger charge is -2.47. The zero-order valence-electron chi connectivity index (χ0n) is 11.6. The fourth-order valence-corrected chi connectivity index (χ4v) is 5.08. The SMILES string of the molecule is C[C@@]12CCCC1C1C=Cc3cc(O)ccc3C1CC2. The van der Waals surface area contributed by atoms with Crippen molar-refractivity contribution in [2.45, 2.75) is 44.9 Å². The summed E-state index contributed by atoms with van der Waals surface area (Å²) < 4.78 is 0. The summed E-state index contributed by atoms with van der Waals surface area (Å²) in [6, 6.07) is 5.94.